The van der Waals surface area contributed by atoms with Gasteiger partial charge in [-0.25, -0.2) is 4.98 Å². The summed E-state index contributed by atoms with van der Waals surface area (Å²) >= 11 is 1.86. The maximum Gasteiger partial charge on any atom is 0.0997 e. The van der Waals surface area contributed by atoms with E-state index in [1.165, 1.54) is 64.6 Å². The first-order valence-corrected chi connectivity index (χ1v) is 13.6. The van der Waals surface area contributed by atoms with E-state index in [1.54, 1.807) is 0 Å². The van der Waals surface area contributed by atoms with Crippen LogP contribution in [0.2, 0.25) is 0 Å². The van der Waals surface area contributed by atoms with Crippen molar-refractivity contribution in [3.05, 3.63) is 77.3 Å². The molecule has 0 saturated heterocycles. The van der Waals surface area contributed by atoms with Crippen LogP contribution < -0.4 is 0 Å². The van der Waals surface area contributed by atoms with Crippen molar-refractivity contribution in [3.63, 3.8) is 0 Å². The smallest absolute Gasteiger partial charge is 0.0997 e. The maximum atomic E-state index is 4.79. The molecular formula is C31H41NS. The second-order valence-electron chi connectivity index (χ2n) is 9.88. The van der Waals surface area contributed by atoms with Crippen LogP contribution in [-0.2, 0) is 10.8 Å². The highest BCUT2D eigenvalue weighted by molar-refractivity contribution is 7.18. The van der Waals surface area contributed by atoms with Gasteiger partial charge in [0, 0.05) is 5.41 Å². The average Bonchev–Trinajstić information content (AvgIpc) is 3.29. The molecule has 1 nitrogen and oxygen atoms in total. The number of hydrogen-bond acceptors (Lipinski definition) is 2. The van der Waals surface area contributed by atoms with Crippen LogP contribution in [0.3, 0.4) is 0 Å². The van der Waals surface area contributed by atoms with Crippen LogP contribution in [0, 0.1) is 0 Å². The fourth-order valence-corrected chi connectivity index (χ4v) is 5.97. The summed E-state index contributed by atoms with van der Waals surface area (Å²) < 4.78 is 1.31. The molecule has 0 aliphatic heterocycles. The summed E-state index contributed by atoms with van der Waals surface area (Å²) in [5.41, 5.74) is 3.23. The van der Waals surface area contributed by atoms with E-state index in [4.69, 9.17) is 4.98 Å². The Balaban J connectivity index is 0.000000186. The number of fused-ring (bicyclic) bond motifs is 2. The van der Waals surface area contributed by atoms with E-state index in [2.05, 4.69) is 108 Å². The van der Waals surface area contributed by atoms with Crippen molar-refractivity contribution in [1.82, 2.24) is 4.98 Å². The minimum Gasteiger partial charge on any atom is -0.241 e. The first-order valence-electron chi connectivity index (χ1n) is 12.7. The van der Waals surface area contributed by atoms with Gasteiger partial charge in [-0.05, 0) is 59.6 Å². The summed E-state index contributed by atoms with van der Waals surface area (Å²) in [6.07, 6.45) is 7.34. The molecule has 2 unspecified atom stereocenters. The molecule has 0 bridgehead atoms. The largest absolute Gasteiger partial charge is 0.241 e. The van der Waals surface area contributed by atoms with Gasteiger partial charge in [-0.15, -0.1) is 11.3 Å². The molecule has 2 atom stereocenters. The van der Waals surface area contributed by atoms with Crippen molar-refractivity contribution < 1.29 is 0 Å². The summed E-state index contributed by atoms with van der Waals surface area (Å²) in [6.45, 7) is 13.8. The zero-order chi connectivity index (χ0) is 23.9. The monoisotopic (exact) mass is 459 g/mol. The molecule has 4 aromatic rings. The minimum atomic E-state index is 0.262. The average molecular weight is 460 g/mol. The van der Waals surface area contributed by atoms with E-state index in [0.29, 0.717) is 5.41 Å². The Morgan fingerprint density at radius 2 is 1.30 bits per heavy atom. The molecule has 0 amide bonds. The number of hydrogen-bond donors (Lipinski definition) is 0. The fraction of sp³-hybridized carbons (Fsp3) is 0.452. The van der Waals surface area contributed by atoms with E-state index in [-0.39, 0.29) is 5.41 Å². The lowest BCUT2D eigenvalue weighted by atomic mass is 9.76. The predicted octanol–water partition coefficient (Wildman–Crippen LogP) is 10.1. The zero-order valence-corrected chi connectivity index (χ0v) is 22.3. The third-order valence-electron chi connectivity index (χ3n) is 7.42. The van der Waals surface area contributed by atoms with Gasteiger partial charge < -0.3 is 0 Å². The molecule has 0 N–H and O–H groups in total. The second kappa shape index (κ2) is 11.3. The van der Waals surface area contributed by atoms with Gasteiger partial charge in [0.1, 0.15) is 0 Å². The van der Waals surface area contributed by atoms with Crippen LogP contribution in [0.1, 0.15) is 90.6 Å². The van der Waals surface area contributed by atoms with Crippen molar-refractivity contribution in [1.29, 1.82) is 0 Å². The van der Waals surface area contributed by atoms with Gasteiger partial charge >= 0.3 is 0 Å². The van der Waals surface area contributed by atoms with Gasteiger partial charge in [0.05, 0.1) is 15.2 Å². The summed E-state index contributed by atoms with van der Waals surface area (Å²) in [4.78, 5) is 4.79. The third kappa shape index (κ3) is 5.84. The SMILES string of the molecule is CCCC(C)(CC)c1ccc2ccccc2c1.CCCC(C)(CC)c1nc2ccccc2s1. The highest BCUT2D eigenvalue weighted by atomic mass is 32.1. The second-order valence-corrected chi connectivity index (χ2v) is 10.9. The molecule has 33 heavy (non-hydrogen) atoms. The first-order chi connectivity index (χ1) is 15.9. The molecule has 176 valence electrons. The third-order valence-corrected chi connectivity index (χ3v) is 8.76. The number of para-hydroxylation sites is 1. The topological polar surface area (TPSA) is 12.9 Å². The van der Waals surface area contributed by atoms with Gasteiger partial charge in [0.2, 0.25) is 0 Å². The van der Waals surface area contributed by atoms with Crippen molar-refractivity contribution in [2.45, 2.75) is 90.9 Å². The zero-order valence-electron chi connectivity index (χ0n) is 21.4. The standard InChI is InChI=1S/C17H22.C14H19NS/c1-4-12-17(3,5-2)16-11-10-14-8-6-7-9-15(14)13-16;1-4-10-14(3,5-2)13-15-11-8-6-7-9-12(11)16-13/h6-11,13H,4-5,12H2,1-3H3;6-9H,4-5,10H2,1-3H3. The predicted molar refractivity (Wildman–Crippen MR) is 149 cm³/mol. The summed E-state index contributed by atoms with van der Waals surface area (Å²) in [7, 11) is 0. The summed E-state index contributed by atoms with van der Waals surface area (Å²) in [6, 6.07) is 24.0. The molecule has 0 aliphatic carbocycles. The minimum absolute atomic E-state index is 0.262. The van der Waals surface area contributed by atoms with Crippen molar-refractivity contribution in [2.75, 3.05) is 0 Å². The van der Waals surface area contributed by atoms with E-state index in [0.717, 1.165) is 5.52 Å². The lowest BCUT2D eigenvalue weighted by molar-refractivity contribution is 0.412. The molecule has 2 heteroatoms. The number of benzene rings is 3. The molecule has 1 aromatic heterocycles. The van der Waals surface area contributed by atoms with Crippen LogP contribution >= 0.6 is 11.3 Å². The molecule has 0 saturated carbocycles. The van der Waals surface area contributed by atoms with Gasteiger partial charge in [-0.1, -0.05) is 109 Å². The van der Waals surface area contributed by atoms with Crippen LogP contribution in [0.4, 0.5) is 0 Å². The molecular weight excluding hydrogens is 418 g/mol. The Morgan fingerprint density at radius 1 is 0.697 bits per heavy atom. The summed E-state index contributed by atoms with van der Waals surface area (Å²) in [5.74, 6) is 0. The van der Waals surface area contributed by atoms with Crippen LogP contribution in [0.25, 0.3) is 21.0 Å². The molecule has 0 spiro atoms. The van der Waals surface area contributed by atoms with Gasteiger partial charge in [-0.2, -0.15) is 0 Å². The maximum absolute atomic E-state index is 4.79. The van der Waals surface area contributed by atoms with Gasteiger partial charge in [0.15, 0.2) is 0 Å². The Hall–Kier alpha value is -2.19. The van der Waals surface area contributed by atoms with E-state index in [9.17, 15) is 0 Å². The molecule has 4 rings (SSSR count). The van der Waals surface area contributed by atoms with Gasteiger partial charge in [-0.3, -0.25) is 0 Å². The molecule has 0 aliphatic rings. The Morgan fingerprint density at radius 3 is 1.94 bits per heavy atom. The molecule has 0 radical (unpaired) electrons. The number of thiazole rings is 1. The van der Waals surface area contributed by atoms with E-state index >= 15 is 0 Å². The fourth-order valence-electron chi connectivity index (χ4n) is 4.76. The van der Waals surface area contributed by atoms with Crippen LogP contribution in [0.15, 0.2) is 66.7 Å². The van der Waals surface area contributed by atoms with Crippen molar-refractivity contribution in [2.24, 2.45) is 0 Å². The number of nitrogens with zero attached hydrogens (tertiary/aromatic N) is 1. The van der Waals surface area contributed by atoms with Gasteiger partial charge in [0.25, 0.3) is 0 Å². The van der Waals surface area contributed by atoms with Crippen molar-refractivity contribution in [3.8, 4) is 0 Å². The molecule has 3 aromatic carbocycles. The van der Waals surface area contributed by atoms with Crippen molar-refractivity contribution >= 4 is 32.3 Å². The highest BCUT2D eigenvalue weighted by Crippen LogP contribution is 2.37. The quantitative estimate of drug-likeness (QED) is 0.255. The van der Waals surface area contributed by atoms with Crippen LogP contribution in [0.5, 0.6) is 0 Å². The lowest BCUT2D eigenvalue weighted by Crippen LogP contribution is -2.20. The molecule has 0 fully saturated rings. The highest BCUT2D eigenvalue weighted by Gasteiger charge is 2.27. The summed E-state index contributed by atoms with van der Waals surface area (Å²) in [5, 5.41) is 4.00. The Kier molecular flexibility index (Phi) is 8.70. The Labute approximate surface area is 205 Å². The number of rotatable bonds is 8. The number of aromatic nitrogens is 1. The van der Waals surface area contributed by atoms with E-state index < -0.39 is 0 Å². The first kappa shape index (κ1) is 25.4. The van der Waals surface area contributed by atoms with E-state index in [1.807, 2.05) is 11.3 Å². The Bertz CT molecular complexity index is 1130. The molecule has 1 heterocycles. The van der Waals surface area contributed by atoms with Crippen LogP contribution in [-0.4, -0.2) is 4.98 Å². The normalized spacial score (nSPS) is 15.0. The lowest BCUT2D eigenvalue weighted by Gasteiger charge is -2.29.